The molecular weight excluding hydrogens is 252 g/mol. The van der Waals surface area contributed by atoms with Gasteiger partial charge >= 0.3 is 11.7 Å². The van der Waals surface area contributed by atoms with E-state index in [9.17, 15) is 14.9 Å². The smallest absolute Gasteiger partial charge is 0.328 e. The number of rotatable bonds is 6. The van der Waals surface area contributed by atoms with E-state index in [1.54, 1.807) is 13.0 Å². The maximum absolute atomic E-state index is 11.0. The molecule has 0 aliphatic rings. The maximum Gasteiger partial charge on any atom is 0.328 e. The molecule has 8 heteroatoms. The van der Waals surface area contributed by atoms with Crippen LogP contribution in [0.3, 0.4) is 0 Å². The number of nitriles is 1. The molecule has 1 atom stereocenters. The number of nitrogens with zero attached hydrogens (tertiary/aromatic N) is 3. The molecule has 8 nitrogen and oxygen atoms in total. The van der Waals surface area contributed by atoms with E-state index in [-0.39, 0.29) is 11.4 Å². The van der Waals surface area contributed by atoms with Gasteiger partial charge in [0.25, 0.3) is 0 Å². The topological polar surface area (TPSA) is 129 Å². The summed E-state index contributed by atoms with van der Waals surface area (Å²) in [6.45, 7) is 1.80. The normalized spacial score (nSPS) is 11.4. The van der Waals surface area contributed by atoms with E-state index < -0.39 is 22.6 Å². The van der Waals surface area contributed by atoms with Crippen LogP contribution < -0.4 is 5.32 Å². The zero-order valence-corrected chi connectivity index (χ0v) is 10.2. The van der Waals surface area contributed by atoms with Crippen LogP contribution in [0.4, 0.5) is 11.5 Å². The van der Waals surface area contributed by atoms with E-state index in [2.05, 4.69) is 10.3 Å². The van der Waals surface area contributed by atoms with Crippen LogP contribution in [0.5, 0.6) is 0 Å². The Hall–Kier alpha value is -2.69. The fourth-order valence-electron chi connectivity index (χ4n) is 1.55. The molecule has 2 N–H and O–H groups in total. The molecule has 0 aliphatic heterocycles. The molecule has 19 heavy (non-hydrogen) atoms. The molecule has 1 heterocycles. The molecule has 1 unspecified atom stereocenters. The quantitative estimate of drug-likeness (QED) is 0.588. The van der Waals surface area contributed by atoms with Gasteiger partial charge in [0.2, 0.25) is 5.82 Å². The highest BCUT2D eigenvalue weighted by molar-refractivity contribution is 5.78. The minimum absolute atomic E-state index is 0.164. The van der Waals surface area contributed by atoms with Crippen molar-refractivity contribution in [1.29, 1.82) is 5.26 Å². The zero-order chi connectivity index (χ0) is 14.4. The van der Waals surface area contributed by atoms with Crippen molar-refractivity contribution in [1.82, 2.24) is 4.98 Å². The van der Waals surface area contributed by atoms with Crippen molar-refractivity contribution in [2.45, 2.75) is 25.8 Å². The van der Waals surface area contributed by atoms with E-state index in [0.717, 1.165) is 0 Å². The van der Waals surface area contributed by atoms with Crippen LogP contribution in [0, 0.1) is 21.4 Å². The highest BCUT2D eigenvalue weighted by atomic mass is 16.6. The van der Waals surface area contributed by atoms with Crippen LogP contribution in [0.25, 0.3) is 0 Å². The second-order valence-corrected chi connectivity index (χ2v) is 3.75. The highest BCUT2D eigenvalue weighted by Gasteiger charge is 2.25. The molecule has 1 rings (SSSR count). The van der Waals surface area contributed by atoms with Crippen LogP contribution in [0.2, 0.25) is 0 Å². The van der Waals surface area contributed by atoms with Gasteiger partial charge in [0.1, 0.15) is 17.7 Å². The molecule has 0 saturated carbocycles. The van der Waals surface area contributed by atoms with Gasteiger partial charge < -0.3 is 10.4 Å². The lowest BCUT2D eigenvalue weighted by Gasteiger charge is -2.14. The molecule has 0 radical (unpaired) electrons. The molecular formula is C11H12N4O4. The van der Waals surface area contributed by atoms with Crippen molar-refractivity contribution in [3.05, 3.63) is 27.9 Å². The van der Waals surface area contributed by atoms with E-state index in [0.29, 0.717) is 12.8 Å². The van der Waals surface area contributed by atoms with E-state index >= 15 is 0 Å². The van der Waals surface area contributed by atoms with Crippen molar-refractivity contribution in [3.8, 4) is 6.07 Å². The molecule has 1 aromatic heterocycles. The van der Waals surface area contributed by atoms with Crippen molar-refractivity contribution in [2.24, 2.45) is 0 Å². The number of aromatic nitrogens is 1. The van der Waals surface area contributed by atoms with Crippen molar-refractivity contribution in [3.63, 3.8) is 0 Å². The Bertz CT molecular complexity index is 538. The number of carbonyl (C=O) groups is 1. The fraction of sp³-hybridized carbons (Fsp3) is 0.364. The third-order valence-electron chi connectivity index (χ3n) is 2.41. The number of carboxylic acid groups (broad SMARTS) is 1. The second kappa shape index (κ2) is 6.30. The third kappa shape index (κ3) is 3.38. The van der Waals surface area contributed by atoms with Crippen LogP contribution in [0.1, 0.15) is 25.3 Å². The van der Waals surface area contributed by atoms with Crippen LogP contribution >= 0.6 is 0 Å². The highest BCUT2D eigenvalue weighted by Crippen LogP contribution is 2.26. The molecule has 100 valence electrons. The SMILES string of the molecule is CCCC(Nc1nccc(C#N)c1[N+](=O)[O-])C(=O)O. The van der Waals surface area contributed by atoms with Gasteiger partial charge in [-0.1, -0.05) is 13.3 Å². The van der Waals surface area contributed by atoms with E-state index in [4.69, 9.17) is 10.4 Å². The zero-order valence-electron chi connectivity index (χ0n) is 10.2. The summed E-state index contributed by atoms with van der Waals surface area (Å²) in [5, 5.41) is 31.2. The summed E-state index contributed by atoms with van der Waals surface area (Å²) in [7, 11) is 0. The Morgan fingerprint density at radius 3 is 2.89 bits per heavy atom. The molecule has 0 bridgehead atoms. The van der Waals surface area contributed by atoms with Gasteiger partial charge in [-0.3, -0.25) is 10.1 Å². The van der Waals surface area contributed by atoms with Crippen LogP contribution in [-0.4, -0.2) is 27.0 Å². The summed E-state index contributed by atoms with van der Waals surface area (Å²) in [4.78, 5) is 24.9. The second-order valence-electron chi connectivity index (χ2n) is 3.75. The Morgan fingerprint density at radius 2 is 2.42 bits per heavy atom. The molecule has 0 spiro atoms. The standard InChI is InChI=1S/C11H12N4O4/c1-2-3-8(11(16)17)14-10-9(15(18)19)7(6-12)4-5-13-10/h4-5,8H,2-3H2,1H3,(H,13,14)(H,16,17). The molecule has 0 aromatic carbocycles. The maximum atomic E-state index is 11.0. The van der Waals surface area contributed by atoms with E-state index in [1.165, 1.54) is 12.3 Å². The Kier molecular flexibility index (Phi) is 4.76. The minimum atomic E-state index is -1.12. The third-order valence-corrected chi connectivity index (χ3v) is 2.41. The van der Waals surface area contributed by atoms with Gasteiger partial charge in [0.15, 0.2) is 0 Å². The number of hydrogen-bond donors (Lipinski definition) is 2. The van der Waals surface area contributed by atoms with Gasteiger partial charge in [-0.15, -0.1) is 0 Å². The van der Waals surface area contributed by atoms with Crippen LogP contribution in [-0.2, 0) is 4.79 Å². The summed E-state index contributed by atoms with van der Waals surface area (Å²) in [6, 6.07) is 1.91. The van der Waals surface area contributed by atoms with Crippen molar-refractivity contribution in [2.75, 3.05) is 5.32 Å². The van der Waals surface area contributed by atoms with Crippen molar-refractivity contribution >= 4 is 17.5 Å². The minimum Gasteiger partial charge on any atom is -0.480 e. The molecule has 0 amide bonds. The Balaban J connectivity index is 3.17. The monoisotopic (exact) mass is 264 g/mol. The van der Waals surface area contributed by atoms with Gasteiger partial charge in [-0.25, -0.2) is 9.78 Å². The lowest BCUT2D eigenvalue weighted by molar-refractivity contribution is -0.384. The molecule has 0 fully saturated rings. The predicted molar refractivity (Wildman–Crippen MR) is 65.6 cm³/mol. The number of nitro groups is 1. The summed E-state index contributed by atoms with van der Waals surface area (Å²) < 4.78 is 0. The molecule has 0 aliphatic carbocycles. The van der Waals surface area contributed by atoms with Gasteiger partial charge in [-0.2, -0.15) is 5.26 Å². The summed E-state index contributed by atoms with van der Waals surface area (Å²) >= 11 is 0. The molecule has 0 saturated heterocycles. The first kappa shape index (κ1) is 14.4. The fourth-order valence-corrected chi connectivity index (χ4v) is 1.55. The lowest BCUT2D eigenvalue weighted by Crippen LogP contribution is -2.29. The van der Waals surface area contributed by atoms with Crippen LogP contribution in [0.15, 0.2) is 12.3 Å². The lowest BCUT2D eigenvalue weighted by atomic mass is 10.1. The summed E-state index contributed by atoms with van der Waals surface area (Å²) in [6.07, 6.45) is 2.11. The summed E-state index contributed by atoms with van der Waals surface area (Å²) in [5.41, 5.74) is -0.671. The number of pyridine rings is 1. The van der Waals surface area contributed by atoms with Gasteiger partial charge in [-0.05, 0) is 12.5 Å². The Labute approximate surface area is 108 Å². The largest absolute Gasteiger partial charge is 0.480 e. The summed E-state index contributed by atoms with van der Waals surface area (Å²) in [5.74, 6) is -1.33. The number of anilines is 1. The van der Waals surface area contributed by atoms with E-state index in [1.807, 2.05) is 0 Å². The van der Waals surface area contributed by atoms with Gasteiger partial charge in [0, 0.05) is 6.20 Å². The first-order valence-corrected chi connectivity index (χ1v) is 5.54. The average molecular weight is 264 g/mol. The van der Waals surface area contributed by atoms with Gasteiger partial charge in [0.05, 0.1) is 4.92 Å². The number of carboxylic acids is 1. The number of nitrogens with one attached hydrogen (secondary N) is 1. The van der Waals surface area contributed by atoms with Crippen molar-refractivity contribution < 1.29 is 14.8 Å². The first-order chi connectivity index (χ1) is 9.01. The predicted octanol–water partition coefficient (Wildman–Crippen LogP) is 1.53. The average Bonchev–Trinajstić information content (AvgIpc) is 2.37. The molecule has 1 aromatic rings. The Morgan fingerprint density at radius 1 is 1.74 bits per heavy atom. The number of aliphatic carboxylic acids is 1. The number of hydrogen-bond acceptors (Lipinski definition) is 6. The first-order valence-electron chi connectivity index (χ1n) is 5.54.